The molecule has 0 saturated heterocycles. The van der Waals surface area contributed by atoms with Crippen LogP contribution in [-0.2, 0) is 0 Å². The molecule has 1 N–H and O–H groups in total. The molecule has 0 radical (unpaired) electrons. The lowest BCUT2D eigenvalue weighted by Gasteiger charge is -2.19. The summed E-state index contributed by atoms with van der Waals surface area (Å²) in [7, 11) is -0.918. The van der Waals surface area contributed by atoms with Gasteiger partial charge in [0, 0.05) is 10.6 Å². The molecule has 0 spiro atoms. The average molecular weight is 294 g/mol. The molecule has 0 atom stereocenters. The molecular formula is C18H15O2P. The highest BCUT2D eigenvalue weighted by Crippen LogP contribution is 2.36. The van der Waals surface area contributed by atoms with Crippen molar-refractivity contribution >= 4 is 18.8 Å². The van der Waals surface area contributed by atoms with E-state index in [1.54, 1.807) is 24.3 Å². The van der Waals surface area contributed by atoms with Crippen LogP contribution in [0, 0.1) is 0 Å². The van der Waals surface area contributed by atoms with Gasteiger partial charge in [0.25, 0.3) is 0 Å². The lowest BCUT2D eigenvalue weighted by molar-refractivity contribution is 0.474. The highest BCUT2D eigenvalue weighted by Gasteiger charge is 2.16. The summed E-state index contributed by atoms with van der Waals surface area (Å²) in [4.78, 5) is 0. The molecule has 0 aliphatic rings. The fourth-order valence-corrected chi connectivity index (χ4v) is 3.72. The first kappa shape index (κ1) is 13.7. The van der Waals surface area contributed by atoms with Gasteiger partial charge in [0.05, 0.1) is 0 Å². The molecule has 0 saturated carbocycles. The van der Waals surface area contributed by atoms with Crippen molar-refractivity contribution in [3.05, 3.63) is 84.9 Å². The van der Waals surface area contributed by atoms with Crippen LogP contribution in [0.1, 0.15) is 0 Å². The number of phenolic OH excluding ortho intramolecular Hbond substituents is 1. The molecule has 2 nitrogen and oxygen atoms in total. The molecule has 3 heteroatoms. The maximum atomic E-state index is 9.37. The first-order valence-electron chi connectivity index (χ1n) is 6.70. The van der Waals surface area contributed by atoms with Crippen molar-refractivity contribution in [1.29, 1.82) is 0 Å². The summed E-state index contributed by atoms with van der Waals surface area (Å²) in [5.41, 5.74) is 0. The van der Waals surface area contributed by atoms with Crippen LogP contribution in [0.15, 0.2) is 84.9 Å². The topological polar surface area (TPSA) is 29.5 Å². The lowest BCUT2D eigenvalue weighted by Crippen LogP contribution is -2.15. The van der Waals surface area contributed by atoms with Crippen molar-refractivity contribution in [2.45, 2.75) is 0 Å². The van der Waals surface area contributed by atoms with Gasteiger partial charge in [-0.05, 0) is 24.3 Å². The Morgan fingerprint density at radius 2 is 1.10 bits per heavy atom. The normalized spacial score (nSPS) is 10.5. The van der Waals surface area contributed by atoms with E-state index < -0.39 is 8.15 Å². The van der Waals surface area contributed by atoms with Gasteiger partial charge in [-0.1, -0.05) is 60.7 Å². The van der Waals surface area contributed by atoms with Crippen molar-refractivity contribution < 1.29 is 9.63 Å². The third-order valence-corrected chi connectivity index (χ3v) is 4.94. The Balaban J connectivity index is 1.95. The quantitative estimate of drug-likeness (QED) is 0.741. The van der Waals surface area contributed by atoms with Crippen LogP contribution in [0.25, 0.3) is 0 Å². The van der Waals surface area contributed by atoms with Crippen LogP contribution in [0.2, 0.25) is 0 Å². The summed E-state index contributed by atoms with van der Waals surface area (Å²) in [6, 6.07) is 27.3. The zero-order valence-electron chi connectivity index (χ0n) is 11.4. The summed E-state index contributed by atoms with van der Waals surface area (Å²) < 4.78 is 6.20. The van der Waals surface area contributed by atoms with E-state index in [0.717, 1.165) is 16.4 Å². The Kier molecular flexibility index (Phi) is 4.18. The van der Waals surface area contributed by atoms with Crippen LogP contribution in [-0.4, -0.2) is 5.11 Å². The van der Waals surface area contributed by atoms with Crippen molar-refractivity contribution in [1.82, 2.24) is 0 Å². The van der Waals surface area contributed by atoms with E-state index in [0.29, 0.717) is 0 Å². The summed E-state index contributed by atoms with van der Waals surface area (Å²) in [6.45, 7) is 0. The number of hydrogen-bond donors (Lipinski definition) is 1. The summed E-state index contributed by atoms with van der Waals surface area (Å²) in [5, 5.41) is 11.7. The number of phenols is 1. The minimum absolute atomic E-state index is 0.242. The predicted molar refractivity (Wildman–Crippen MR) is 87.8 cm³/mol. The molecule has 104 valence electrons. The van der Waals surface area contributed by atoms with Gasteiger partial charge >= 0.3 is 0 Å². The molecule has 3 rings (SSSR count). The summed E-state index contributed by atoms with van der Waals surface area (Å²) in [6.07, 6.45) is 0. The van der Waals surface area contributed by atoms with E-state index >= 15 is 0 Å². The van der Waals surface area contributed by atoms with E-state index in [-0.39, 0.29) is 5.75 Å². The Hall–Kier alpha value is -2.31. The molecule has 21 heavy (non-hydrogen) atoms. The zero-order valence-corrected chi connectivity index (χ0v) is 12.3. The fourth-order valence-electron chi connectivity index (χ4n) is 1.99. The number of rotatable bonds is 4. The van der Waals surface area contributed by atoms with Crippen LogP contribution in [0.3, 0.4) is 0 Å². The van der Waals surface area contributed by atoms with Gasteiger partial charge in [-0.25, -0.2) is 0 Å². The minimum Gasteiger partial charge on any atom is -0.508 e. The van der Waals surface area contributed by atoms with Gasteiger partial charge < -0.3 is 9.63 Å². The van der Waals surface area contributed by atoms with E-state index in [2.05, 4.69) is 24.3 Å². The molecule has 0 aliphatic carbocycles. The van der Waals surface area contributed by atoms with Gasteiger partial charge in [-0.2, -0.15) is 0 Å². The molecule has 0 heterocycles. The number of hydrogen-bond acceptors (Lipinski definition) is 2. The first-order chi connectivity index (χ1) is 10.3. The molecule has 0 aliphatic heterocycles. The van der Waals surface area contributed by atoms with E-state index in [1.165, 1.54) is 0 Å². The van der Waals surface area contributed by atoms with Crippen LogP contribution >= 0.6 is 8.15 Å². The standard InChI is InChI=1S/C18H15O2P/c19-15-11-13-16(14-12-15)20-21(17-7-3-1-4-8-17)18-9-5-2-6-10-18/h1-14,19H. The first-order valence-corrected chi connectivity index (χ1v) is 7.96. The second-order valence-corrected chi connectivity index (χ2v) is 6.35. The molecule has 0 bridgehead atoms. The van der Waals surface area contributed by atoms with Crippen LogP contribution in [0.4, 0.5) is 0 Å². The van der Waals surface area contributed by atoms with Crippen LogP contribution in [0.5, 0.6) is 11.5 Å². The third kappa shape index (κ3) is 3.42. The number of benzene rings is 3. The summed E-state index contributed by atoms with van der Waals surface area (Å²) >= 11 is 0. The van der Waals surface area contributed by atoms with Gasteiger partial charge in [0.15, 0.2) is 8.15 Å². The monoisotopic (exact) mass is 294 g/mol. The summed E-state index contributed by atoms with van der Waals surface area (Å²) in [5.74, 6) is 0.998. The van der Waals surface area contributed by atoms with Gasteiger partial charge in [-0.15, -0.1) is 0 Å². The SMILES string of the molecule is Oc1ccc(OP(c2ccccc2)c2ccccc2)cc1. The smallest absolute Gasteiger partial charge is 0.150 e. The zero-order chi connectivity index (χ0) is 14.5. The van der Waals surface area contributed by atoms with Gasteiger partial charge in [-0.3, -0.25) is 0 Å². The Morgan fingerprint density at radius 1 is 0.619 bits per heavy atom. The highest BCUT2D eigenvalue weighted by molar-refractivity contribution is 7.68. The van der Waals surface area contributed by atoms with Gasteiger partial charge in [0.2, 0.25) is 0 Å². The maximum absolute atomic E-state index is 9.37. The molecular weight excluding hydrogens is 279 g/mol. The maximum Gasteiger partial charge on any atom is 0.150 e. The Morgan fingerprint density at radius 3 is 1.57 bits per heavy atom. The molecule has 0 fully saturated rings. The van der Waals surface area contributed by atoms with E-state index in [4.69, 9.17) is 4.52 Å². The van der Waals surface area contributed by atoms with E-state index in [1.807, 2.05) is 36.4 Å². The van der Waals surface area contributed by atoms with Gasteiger partial charge in [0.1, 0.15) is 11.5 Å². The van der Waals surface area contributed by atoms with Crippen molar-refractivity contribution in [3.63, 3.8) is 0 Å². The molecule has 3 aromatic rings. The predicted octanol–water partition coefficient (Wildman–Crippen LogP) is 3.82. The third-order valence-electron chi connectivity index (χ3n) is 3.01. The van der Waals surface area contributed by atoms with E-state index in [9.17, 15) is 5.11 Å². The molecule has 3 aromatic carbocycles. The minimum atomic E-state index is -0.918. The van der Waals surface area contributed by atoms with Crippen molar-refractivity contribution in [2.75, 3.05) is 0 Å². The fraction of sp³-hybridized carbons (Fsp3) is 0. The molecule has 0 unspecified atom stereocenters. The molecule has 0 aromatic heterocycles. The van der Waals surface area contributed by atoms with Crippen LogP contribution < -0.4 is 15.1 Å². The highest BCUT2D eigenvalue weighted by atomic mass is 31.1. The molecule has 0 amide bonds. The van der Waals surface area contributed by atoms with Crippen molar-refractivity contribution in [3.8, 4) is 11.5 Å². The van der Waals surface area contributed by atoms with Crippen molar-refractivity contribution in [2.24, 2.45) is 0 Å². The number of aromatic hydroxyl groups is 1. The second-order valence-electron chi connectivity index (χ2n) is 4.55. The largest absolute Gasteiger partial charge is 0.508 e. The second kappa shape index (κ2) is 6.43. The average Bonchev–Trinajstić information content (AvgIpc) is 2.56. The Labute approximate surface area is 125 Å². The Bertz CT molecular complexity index is 642. The lowest BCUT2D eigenvalue weighted by atomic mass is 10.3.